The number of carbonyl (C=O) groups is 2. The van der Waals surface area contributed by atoms with Crippen LogP contribution in [0.15, 0.2) is 36.4 Å². The smallest absolute Gasteiger partial charge is 0.338 e. The van der Waals surface area contributed by atoms with Gasteiger partial charge in [-0.1, -0.05) is 12.1 Å². The zero-order chi connectivity index (χ0) is 23.5. The molecule has 0 saturated heterocycles. The van der Waals surface area contributed by atoms with Gasteiger partial charge in [0.25, 0.3) is 5.91 Å². The van der Waals surface area contributed by atoms with E-state index in [9.17, 15) is 9.59 Å². The first-order valence-corrected chi connectivity index (χ1v) is 10.6. The fourth-order valence-electron chi connectivity index (χ4n) is 3.00. The first kappa shape index (κ1) is 24.8. The first-order chi connectivity index (χ1) is 15.4. The van der Waals surface area contributed by atoms with Crippen molar-refractivity contribution in [1.29, 1.82) is 0 Å². The van der Waals surface area contributed by atoms with Crippen LogP contribution in [0.2, 0.25) is 0 Å². The molecule has 8 heteroatoms. The van der Waals surface area contributed by atoms with E-state index in [-0.39, 0.29) is 11.6 Å². The lowest BCUT2D eigenvalue weighted by atomic mass is 10.1. The van der Waals surface area contributed by atoms with Crippen molar-refractivity contribution in [3.63, 3.8) is 0 Å². The molecule has 1 atom stereocenters. The van der Waals surface area contributed by atoms with E-state index in [0.717, 1.165) is 5.56 Å². The molecular formula is C24H31NO7. The minimum absolute atomic E-state index is 0.203. The third-order valence-electron chi connectivity index (χ3n) is 4.45. The lowest BCUT2D eigenvalue weighted by Crippen LogP contribution is -2.31. The minimum atomic E-state index is -0.667. The van der Waals surface area contributed by atoms with Gasteiger partial charge >= 0.3 is 5.97 Å². The second kappa shape index (κ2) is 12.4. The molecule has 0 aromatic heterocycles. The van der Waals surface area contributed by atoms with Crippen molar-refractivity contribution >= 4 is 11.9 Å². The van der Waals surface area contributed by atoms with E-state index in [4.69, 9.17) is 23.7 Å². The Morgan fingerprint density at radius 1 is 0.938 bits per heavy atom. The van der Waals surface area contributed by atoms with Gasteiger partial charge in [-0.15, -0.1) is 0 Å². The fourth-order valence-corrected chi connectivity index (χ4v) is 3.00. The number of nitrogens with one attached hydrogen (secondary N) is 1. The van der Waals surface area contributed by atoms with Crippen molar-refractivity contribution < 1.29 is 33.3 Å². The summed E-state index contributed by atoms with van der Waals surface area (Å²) in [5, 5.41) is 2.80. The maximum absolute atomic E-state index is 12.6. The van der Waals surface area contributed by atoms with E-state index in [0.29, 0.717) is 42.8 Å². The zero-order valence-electron chi connectivity index (χ0n) is 19.2. The maximum Gasteiger partial charge on any atom is 0.338 e. The van der Waals surface area contributed by atoms with Crippen LogP contribution in [-0.4, -0.2) is 45.4 Å². The second-order valence-corrected chi connectivity index (χ2v) is 6.74. The van der Waals surface area contributed by atoms with Gasteiger partial charge < -0.3 is 29.0 Å². The van der Waals surface area contributed by atoms with Crippen LogP contribution >= 0.6 is 0 Å². The van der Waals surface area contributed by atoms with E-state index in [1.165, 1.54) is 12.1 Å². The highest BCUT2D eigenvalue weighted by Gasteiger charge is 2.20. The molecule has 0 aliphatic rings. The Hall–Kier alpha value is -3.42. The number of rotatable bonds is 12. The Kier molecular flexibility index (Phi) is 9.66. The highest BCUT2D eigenvalue weighted by Crippen LogP contribution is 2.39. The number of methoxy groups -OCH3 is 1. The highest BCUT2D eigenvalue weighted by atomic mass is 16.5. The molecule has 32 heavy (non-hydrogen) atoms. The van der Waals surface area contributed by atoms with E-state index >= 15 is 0 Å². The van der Waals surface area contributed by atoms with Gasteiger partial charge in [0.2, 0.25) is 5.75 Å². The number of carbonyl (C=O) groups excluding carboxylic acids is 2. The highest BCUT2D eigenvalue weighted by molar-refractivity contribution is 5.92. The summed E-state index contributed by atoms with van der Waals surface area (Å²) in [6.07, 6.45) is 0. The summed E-state index contributed by atoms with van der Waals surface area (Å²) < 4.78 is 27.3. The number of amides is 1. The molecule has 0 fully saturated rings. The summed E-state index contributed by atoms with van der Waals surface area (Å²) in [6, 6.07) is 10.1. The van der Waals surface area contributed by atoms with E-state index in [1.54, 1.807) is 7.11 Å². The largest absolute Gasteiger partial charge is 0.497 e. The van der Waals surface area contributed by atoms with Gasteiger partial charge in [-0.2, -0.15) is 0 Å². The standard InChI is InChI=1S/C24H31NO7/c1-6-29-20-13-18(14-21(30-7-2)23(20)31-8-3)24(27)32-15-22(26)25-16(4)17-10-9-11-19(12-17)28-5/h9-14,16H,6-8,15H2,1-5H3,(H,25,26)/t16-/m1/s1. The molecule has 2 aromatic carbocycles. The van der Waals surface area contributed by atoms with Crippen molar-refractivity contribution in [2.75, 3.05) is 33.5 Å². The zero-order valence-corrected chi connectivity index (χ0v) is 19.2. The summed E-state index contributed by atoms with van der Waals surface area (Å²) in [5.74, 6) is 0.791. The van der Waals surface area contributed by atoms with Gasteiger partial charge in [0.05, 0.1) is 38.5 Å². The van der Waals surface area contributed by atoms with Crippen LogP contribution in [0.3, 0.4) is 0 Å². The van der Waals surface area contributed by atoms with Gasteiger partial charge in [0, 0.05) is 0 Å². The molecule has 0 aliphatic heterocycles. The monoisotopic (exact) mass is 445 g/mol. The number of esters is 1. The molecule has 2 rings (SSSR count). The molecule has 0 heterocycles. The Labute approximate surface area is 188 Å². The van der Waals surface area contributed by atoms with E-state index in [1.807, 2.05) is 52.0 Å². The molecule has 0 saturated carbocycles. The van der Waals surface area contributed by atoms with Crippen LogP contribution < -0.4 is 24.3 Å². The molecule has 1 amide bonds. The van der Waals surface area contributed by atoms with Crippen LogP contribution in [0.5, 0.6) is 23.0 Å². The molecule has 0 aliphatic carbocycles. The first-order valence-electron chi connectivity index (χ1n) is 10.6. The molecule has 174 valence electrons. The maximum atomic E-state index is 12.6. The molecule has 0 unspecified atom stereocenters. The molecule has 0 bridgehead atoms. The summed E-state index contributed by atoms with van der Waals surface area (Å²) in [4.78, 5) is 24.9. The predicted molar refractivity (Wildman–Crippen MR) is 120 cm³/mol. The van der Waals surface area contributed by atoms with Gasteiger partial charge in [0.15, 0.2) is 18.1 Å². The van der Waals surface area contributed by atoms with Crippen LogP contribution in [0, 0.1) is 0 Å². The Bertz CT molecular complexity index is 886. The SMILES string of the molecule is CCOc1cc(C(=O)OCC(=O)N[C@H](C)c2cccc(OC)c2)cc(OCC)c1OCC. The molecule has 1 N–H and O–H groups in total. The number of benzene rings is 2. The average Bonchev–Trinajstić information content (AvgIpc) is 2.79. The van der Waals surface area contributed by atoms with Crippen LogP contribution in [0.1, 0.15) is 49.7 Å². The lowest BCUT2D eigenvalue weighted by Gasteiger charge is -2.17. The Morgan fingerprint density at radius 2 is 1.56 bits per heavy atom. The van der Waals surface area contributed by atoms with Crippen molar-refractivity contribution in [3.8, 4) is 23.0 Å². The summed E-state index contributed by atoms with van der Waals surface area (Å²) in [6.45, 7) is 8.10. The summed E-state index contributed by atoms with van der Waals surface area (Å²) in [7, 11) is 1.58. The Morgan fingerprint density at radius 3 is 2.12 bits per heavy atom. The quantitative estimate of drug-likeness (QED) is 0.495. The van der Waals surface area contributed by atoms with Gasteiger partial charge in [-0.05, 0) is 57.5 Å². The summed E-state index contributed by atoms with van der Waals surface area (Å²) in [5.41, 5.74) is 1.08. The number of hydrogen-bond donors (Lipinski definition) is 1. The van der Waals surface area contributed by atoms with Gasteiger partial charge in [-0.3, -0.25) is 4.79 Å². The minimum Gasteiger partial charge on any atom is -0.497 e. The topological polar surface area (TPSA) is 92.3 Å². The average molecular weight is 446 g/mol. The van der Waals surface area contributed by atoms with Crippen molar-refractivity contribution in [3.05, 3.63) is 47.5 Å². The summed E-state index contributed by atoms with van der Waals surface area (Å²) >= 11 is 0. The van der Waals surface area contributed by atoms with E-state index < -0.39 is 18.5 Å². The van der Waals surface area contributed by atoms with E-state index in [2.05, 4.69) is 5.32 Å². The number of hydrogen-bond acceptors (Lipinski definition) is 7. The fraction of sp³-hybridized carbons (Fsp3) is 0.417. The predicted octanol–water partition coefficient (Wildman–Crippen LogP) is 3.93. The normalized spacial score (nSPS) is 11.3. The Balaban J connectivity index is 2.06. The number of ether oxygens (including phenoxy) is 5. The van der Waals surface area contributed by atoms with Crippen LogP contribution in [-0.2, 0) is 9.53 Å². The van der Waals surface area contributed by atoms with Crippen molar-refractivity contribution in [2.45, 2.75) is 33.7 Å². The second-order valence-electron chi connectivity index (χ2n) is 6.74. The third kappa shape index (κ3) is 6.80. The lowest BCUT2D eigenvalue weighted by molar-refractivity contribution is -0.124. The van der Waals surface area contributed by atoms with Crippen LogP contribution in [0.25, 0.3) is 0 Å². The molecule has 0 spiro atoms. The molecule has 2 aromatic rings. The van der Waals surface area contributed by atoms with Gasteiger partial charge in [0.1, 0.15) is 5.75 Å². The van der Waals surface area contributed by atoms with Gasteiger partial charge in [-0.25, -0.2) is 4.79 Å². The molecule has 0 radical (unpaired) electrons. The molecule has 8 nitrogen and oxygen atoms in total. The van der Waals surface area contributed by atoms with Crippen molar-refractivity contribution in [2.24, 2.45) is 0 Å². The third-order valence-corrected chi connectivity index (χ3v) is 4.45. The van der Waals surface area contributed by atoms with Crippen LogP contribution in [0.4, 0.5) is 0 Å². The van der Waals surface area contributed by atoms with Crippen molar-refractivity contribution in [1.82, 2.24) is 5.32 Å². The molecular weight excluding hydrogens is 414 g/mol.